The van der Waals surface area contributed by atoms with Gasteiger partial charge >= 0.3 is 0 Å². The Kier molecular flexibility index (Phi) is 4.90. The van der Waals surface area contributed by atoms with Gasteiger partial charge < -0.3 is 11.5 Å². The highest BCUT2D eigenvalue weighted by atomic mass is 16.1. The molecule has 0 radical (unpaired) electrons. The van der Waals surface area contributed by atoms with Gasteiger partial charge in [0.05, 0.1) is 11.3 Å². The molecule has 0 atom stereocenters. The van der Waals surface area contributed by atoms with Gasteiger partial charge in [-0.2, -0.15) is 0 Å². The first-order valence-corrected chi connectivity index (χ1v) is 7.99. The SMILES string of the molecule is NC(=O)c1ccccc1/C=C/c1cccc(-c2ccccn2)c1C(N)=O. The Balaban J connectivity index is 2.09. The van der Waals surface area contributed by atoms with Gasteiger partial charge in [-0.15, -0.1) is 0 Å². The van der Waals surface area contributed by atoms with E-state index in [1.807, 2.05) is 24.3 Å². The average molecular weight is 343 g/mol. The van der Waals surface area contributed by atoms with Gasteiger partial charge in [-0.05, 0) is 29.3 Å². The number of nitrogens with two attached hydrogens (primary N) is 2. The van der Waals surface area contributed by atoms with Crippen LogP contribution in [0.25, 0.3) is 23.4 Å². The Morgan fingerprint density at radius 1 is 0.769 bits per heavy atom. The standard InChI is InChI=1S/C21H17N3O2/c22-20(25)16-8-2-1-6-14(16)11-12-15-7-5-9-17(19(15)21(23)26)18-10-3-4-13-24-18/h1-13H,(H2,22,25)(H2,23,26)/b12-11+. The summed E-state index contributed by atoms with van der Waals surface area (Å²) < 4.78 is 0. The summed E-state index contributed by atoms with van der Waals surface area (Å²) in [5, 5.41) is 0. The van der Waals surface area contributed by atoms with Crippen LogP contribution in [-0.4, -0.2) is 16.8 Å². The van der Waals surface area contributed by atoms with Gasteiger partial charge in [-0.1, -0.05) is 54.6 Å². The van der Waals surface area contributed by atoms with Gasteiger partial charge in [0.25, 0.3) is 0 Å². The molecule has 1 aromatic heterocycles. The summed E-state index contributed by atoms with van der Waals surface area (Å²) in [5.41, 5.74) is 14.4. The summed E-state index contributed by atoms with van der Waals surface area (Å²) in [6.07, 6.45) is 5.14. The number of primary amides is 2. The number of carbonyl (C=O) groups is 2. The topological polar surface area (TPSA) is 99.1 Å². The normalized spacial score (nSPS) is 10.8. The Hall–Kier alpha value is -3.73. The monoisotopic (exact) mass is 343 g/mol. The molecular formula is C21H17N3O2. The minimum absolute atomic E-state index is 0.374. The number of aromatic nitrogens is 1. The second-order valence-electron chi connectivity index (χ2n) is 5.63. The van der Waals surface area contributed by atoms with E-state index in [9.17, 15) is 9.59 Å². The fourth-order valence-corrected chi connectivity index (χ4v) is 2.77. The van der Waals surface area contributed by atoms with Gasteiger partial charge in [0.15, 0.2) is 0 Å². The van der Waals surface area contributed by atoms with Crippen molar-refractivity contribution in [2.75, 3.05) is 0 Å². The van der Waals surface area contributed by atoms with Crippen molar-refractivity contribution in [3.63, 3.8) is 0 Å². The molecule has 0 aliphatic carbocycles. The molecule has 0 aliphatic rings. The third kappa shape index (κ3) is 3.52. The first-order valence-electron chi connectivity index (χ1n) is 7.99. The predicted molar refractivity (Wildman–Crippen MR) is 102 cm³/mol. The number of hydrogen-bond donors (Lipinski definition) is 2. The number of amides is 2. The lowest BCUT2D eigenvalue weighted by molar-refractivity contribution is 0.0992. The molecule has 2 aromatic carbocycles. The van der Waals surface area contributed by atoms with Crippen molar-refractivity contribution in [2.45, 2.75) is 0 Å². The van der Waals surface area contributed by atoms with Crippen LogP contribution in [-0.2, 0) is 0 Å². The van der Waals surface area contributed by atoms with Crippen LogP contribution >= 0.6 is 0 Å². The van der Waals surface area contributed by atoms with E-state index in [0.29, 0.717) is 33.5 Å². The summed E-state index contributed by atoms with van der Waals surface area (Å²) in [5.74, 6) is -1.06. The first kappa shape index (κ1) is 17.1. The van der Waals surface area contributed by atoms with Crippen LogP contribution in [0.1, 0.15) is 31.8 Å². The third-order valence-corrected chi connectivity index (χ3v) is 3.95. The summed E-state index contributed by atoms with van der Waals surface area (Å²) in [6.45, 7) is 0. The Labute approximate surface area is 151 Å². The molecule has 3 aromatic rings. The van der Waals surface area contributed by atoms with Crippen molar-refractivity contribution in [3.8, 4) is 11.3 Å². The van der Waals surface area contributed by atoms with Crippen molar-refractivity contribution < 1.29 is 9.59 Å². The summed E-state index contributed by atoms with van der Waals surface area (Å²) >= 11 is 0. The van der Waals surface area contributed by atoms with Crippen LogP contribution in [0.15, 0.2) is 66.9 Å². The van der Waals surface area contributed by atoms with Gasteiger partial charge in [0.2, 0.25) is 11.8 Å². The summed E-state index contributed by atoms with van der Waals surface area (Å²) in [7, 11) is 0. The van der Waals surface area contributed by atoms with Gasteiger partial charge in [0.1, 0.15) is 0 Å². The quantitative estimate of drug-likeness (QED) is 0.696. The van der Waals surface area contributed by atoms with E-state index >= 15 is 0 Å². The summed E-state index contributed by atoms with van der Waals surface area (Å²) in [4.78, 5) is 27.9. The molecule has 2 amide bonds. The molecular weight excluding hydrogens is 326 g/mol. The van der Waals surface area contributed by atoms with Crippen LogP contribution in [0.2, 0.25) is 0 Å². The Morgan fingerprint density at radius 3 is 2.15 bits per heavy atom. The molecule has 3 rings (SSSR count). The zero-order chi connectivity index (χ0) is 18.5. The van der Waals surface area contributed by atoms with Crippen molar-refractivity contribution in [1.29, 1.82) is 0 Å². The number of carbonyl (C=O) groups excluding carboxylic acids is 2. The zero-order valence-corrected chi connectivity index (χ0v) is 13.9. The van der Waals surface area contributed by atoms with Gasteiger partial charge in [0, 0.05) is 17.3 Å². The first-order chi connectivity index (χ1) is 12.6. The zero-order valence-electron chi connectivity index (χ0n) is 13.9. The van der Waals surface area contributed by atoms with Crippen LogP contribution in [0, 0.1) is 0 Å². The molecule has 0 saturated heterocycles. The highest BCUT2D eigenvalue weighted by molar-refractivity contribution is 6.04. The van der Waals surface area contributed by atoms with Crippen molar-refractivity contribution >= 4 is 24.0 Å². The van der Waals surface area contributed by atoms with Crippen LogP contribution in [0.3, 0.4) is 0 Å². The molecule has 128 valence electrons. The van der Waals surface area contributed by atoms with E-state index in [0.717, 1.165) is 0 Å². The molecule has 0 unspecified atom stereocenters. The largest absolute Gasteiger partial charge is 0.366 e. The molecule has 0 saturated carbocycles. The number of benzene rings is 2. The molecule has 5 heteroatoms. The van der Waals surface area contributed by atoms with Crippen LogP contribution < -0.4 is 11.5 Å². The predicted octanol–water partition coefficient (Wildman–Crippen LogP) is 3.12. The fourth-order valence-electron chi connectivity index (χ4n) is 2.77. The highest BCUT2D eigenvalue weighted by Gasteiger charge is 2.14. The second-order valence-corrected chi connectivity index (χ2v) is 5.63. The van der Waals surface area contributed by atoms with E-state index < -0.39 is 11.8 Å². The molecule has 1 heterocycles. The molecule has 0 bridgehead atoms. The van der Waals surface area contributed by atoms with Crippen LogP contribution in [0.5, 0.6) is 0 Å². The van der Waals surface area contributed by atoms with Crippen molar-refractivity contribution in [3.05, 3.63) is 89.1 Å². The maximum Gasteiger partial charge on any atom is 0.249 e. The fraction of sp³-hybridized carbons (Fsp3) is 0. The lowest BCUT2D eigenvalue weighted by Gasteiger charge is -2.10. The molecule has 0 fully saturated rings. The maximum absolute atomic E-state index is 12.1. The lowest BCUT2D eigenvalue weighted by Crippen LogP contribution is -2.14. The molecule has 0 aliphatic heterocycles. The minimum Gasteiger partial charge on any atom is -0.366 e. The number of nitrogens with zero attached hydrogens (tertiary/aromatic N) is 1. The average Bonchev–Trinajstić information content (AvgIpc) is 2.66. The Morgan fingerprint density at radius 2 is 1.46 bits per heavy atom. The smallest absolute Gasteiger partial charge is 0.249 e. The van der Waals surface area contributed by atoms with E-state index in [4.69, 9.17) is 11.5 Å². The molecule has 5 nitrogen and oxygen atoms in total. The minimum atomic E-state index is -0.547. The van der Waals surface area contributed by atoms with Gasteiger partial charge in [-0.25, -0.2) is 0 Å². The Bertz CT molecular complexity index is 995. The highest BCUT2D eigenvalue weighted by Crippen LogP contribution is 2.26. The maximum atomic E-state index is 12.1. The summed E-state index contributed by atoms with van der Waals surface area (Å²) in [6, 6.07) is 17.9. The van der Waals surface area contributed by atoms with E-state index in [1.54, 1.807) is 54.7 Å². The van der Waals surface area contributed by atoms with E-state index in [1.165, 1.54) is 0 Å². The third-order valence-electron chi connectivity index (χ3n) is 3.95. The molecule has 4 N–H and O–H groups in total. The second kappa shape index (κ2) is 7.44. The number of rotatable bonds is 5. The molecule has 26 heavy (non-hydrogen) atoms. The van der Waals surface area contributed by atoms with Gasteiger partial charge in [-0.3, -0.25) is 14.6 Å². The lowest BCUT2D eigenvalue weighted by atomic mass is 9.96. The van der Waals surface area contributed by atoms with Crippen LogP contribution in [0.4, 0.5) is 0 Å². The molecule has 0 spiro atoms. The van der Waals surface area contributed by atoms with E-state index in [2.05, 4.69) is 4.98 Å². The van der Waals surface area contributed by atoms with Crippen molar-refractivity contribution in [2.24, 2.45) is 11.5 Å². The number of pyridine rings is 1. The number of hydrogen-bond acceptors (Lipinski definition) is 3. The van der Waals surface area contributed by atoms with E-state index in [-0.39, 0.29) is 0 Å². The van der Waals surface area contributed by atoms with Crippen molar-refractivity contribution in [1.82, 2.24) is 4.98 Å².